The molecule has 1 saturated heterocycles. The van der Waals surface area contributed by atoms with E-state index in [1.807, 2.05) is 25.3 Å². The van der Waals surface area contributed by atoms with E-state index in [1.165, 1.54) is 12.3 Å². The van der Waals surface area contributed by atoms with Crippen LogP contribution in [0.25, 0.3) is 5.82 Å². The summed E-state index contributed by atoms with van der Waals surface area (Å²) in [6, 6.07) is 5.12. The third kappa shape index (κ3) is 3.48. The van der Waals surface area contributed by atoms with E-state index in [4.69, 9.17) is 0 Å². The lowest BCUT2D eigenvalue weighted by atomic mass is 10.2. The highest BCUT2D eigenvalue weighted by atomic mass is 19.1. The lowest BCUT2D eigenvalue weighted by molar-refractivity contribution is 0.0741. The van der Waals surface area contributed by atoms with Crippen LogP contribution in [0, 0.1) is 12.7 Å². The minimum atomic E-state index is -0.597. The molecular weight excluding hydrogens is 349 g/mol. The van der Waals surface area contributed by atoms with Gasteiger partial charge in [0.15, 0.2) is 11.6 Å². The molecule has 0 bridgehead atoms. The summed E-state index contributed by atoms with van der Waals surface area (Å²) in [5.41, 5.74) is 0.0531. The van der Waals surface area contributed by atoms with Crippen LogP contribution < -0.4 is 4.90 Å². The summed E-state index contributed by atoms with van der Waals surface area (Å²) in [7, 11) is 0. The average molecular weight is 367 g/mol. The summed E-state index contributed by atoms with van der Waals surface area (Å²) in [5.74, 6) is 1.22. The van der Waals surface area contributed by atoms with Gasteiger partial charge in [-0.25, -0.2) is 19.0 Å². The molecule has 0 atom stereocenters. The highest BCUT2D eigenvalue weighted by molar-refractivity contribution is 5.94. The number of piperazine rings is 1. The van der Waals surface area contributed by atoms with Crippen LogP contribution in [0.3, 0.4) is 0 Å². The Hall–Kier alpha value is -3.36. The van der Waals surface area contributed by atoms with Gasteiger partial charge in [0.25, 0.3) is 5.91 Å². The number of halogens is 1. The number of rotatable bonds is 3. The number of aryl methyl sites for hydroxylation is 1. The Kier molecular flexibility index (Phi) is 4.49. The van der Waals surface area contributed by atoms with Crippen molar-refractivity contribution in [1.82, 2.24) is 29.6 Å². The molecule has 1 amide bonds. The number of amides is 1. The van der Waals surface area contributed by atoms with Crippen molar-refractivity contribution in [2.24, 2.45) is 0 Å². The highest BCUT2D eigenvalue weighted by Crippen LogP contribution is 2.18. The van der Waals surface area contributed by atoms with Crippen LogP contribution in [0.2, 0.25) is 0 Å². The second-order valence-corrected chi connectivity index (χ2v) is 6.22. The van der Waals surface area contributed by atoms with Crippen molar-refractivity contribution in [1.29, 1.82) is 0 Å². The predicted octanol–water partition coefficient (Wildman–Crippen LogP) is 1.47. The molecule has 0 unspecified atom stereocenters. The number of carbonyl (C=O) groups is 1. The third-order valence-corrected chi connectivity index (χ3v) is 4.44. The van der Waals surface area contributed by atoms with Gasteiger partial charge in [-0.3, -0.25) is 9.78 Å². The van der Waals surface area contributed by atoms with Crippen molar-refractivity contribution in [3.8, 4) is 5.82 Å². The molecule has 0 radical (unpaired) electrons. The molecule has 1 fully saturated rings. The van der Waals surface area contributed by atoms with Gasteiger partial charge < -0.3 is 9.80 Å². The molecular formula is C18H18FN7O. The fraction of sp³-hybridized carbons (Fsp3) is 0.278. The monoisotopic (exact) mass is 367 g/mol. The molecule has 0 aliphatic carbocycles. The molecule has 27 heavy (non-hydrogen) atoms. The predicted molar refractivity (Wildman–Crippen MR) is 96.2 cm³/mol. The van der Waals surface area contributed by atoms with Gasteiger partial charge in [-0.05, 0) is 19.1 Å². The third-order valence-electron chi connectivity index (χ3n) is 4.44. The number of nitrogens with zero attached hydrogens (tertiary/aromatic N) is 7. The van der Waals surface area contributed by atoms with E-state index in [2.05, 4.69) is 25.0 Å². The first-order valence-electron chi connectivity index (χ1n) is 8.61. The van der Waals surface area contributed by atoms with Gasteiger partial charge in [0.05, 0.1) is 11.8 Å². The second kappa shape index (κ2) is 7.10. The molecule has 8 nitrogen and oxygen atoms in total. The number of anilines is 1. The zero-order valence-corrected chi connectivity index (χ0v) is 14.8. The maximum absolute atomic E-state index is 13.8. The minimum Gasteiger partial charge on any atom is -0.353 e. The fourth-order valence-corrected chi connectivity index (χ4v) is 3.08. The first-order chi connectivity index (χ1) is 13.1. The molecule has 4 rings (SSSR count). The standard InChI is InChI=1S/C18H18FN7O/c1-13-22-16(11-17(23-13)26-6-2-4-21-26)24-7-9-25(10-8-24)18(27)14-3-5-20-12-15(14)19/h2-6,11-12H,7-10H2,1H3. The summed E-state index contributed by atoms with van der Waals surface area (Å²) in [5, 5.41) is 4.21. The van der Waals surface area contributed by atoms with E-state index >= 15 is 0 Å². The zero-order chi connectivity index (χ0) is 18.8. The largest absolute Gasteiger partial charge is 0.353 e. The number of hydrogen-bond acceptors (Lipinski definition) is 6. The van der Waals surface area contributed by atoms with Gasteiger partial charge in [-0.2, -0.15) is 5.10 Å². The molecule has 0 spiro atoms. The van der Waals surface area contributed by atoms with Crippen LogP contribution in [-0.2, 0) is 0 Å². The van der Waals surface area contributed by atoms with E-state index in [9.17, 15) is 9.18 Å². The SMILES string of the molecule is Cc1nc(N2CCN(C(=O)c3ccncc3F)CC2)cc(-n2cccn2)n1. The Balaban J connectivity index is 1.48. The van der Waals surface area contributed by atoms with Gasteiger partial charge >= 0.3 is 0 Å². The lowest BCUT2D eigenvalue weighted by Gasteiger charge is -2.35. The van der Waals surface area contributed by atoms with E-state index in [-0.39, 0.29) is 11.5 Å². The Morgan fingerprint density at radius 1 is 1.11 bits per heavy atom. The maximum atomic E-state index is 13.8. The van der Waals surface area contributed by atoms with Crippen molar-refractivity contribution < 1.29 is 9.18 Å². The van der Waals surface area contributed by atoms with Gasteiger partial charge in [-0.15, -0.1) is 0 Å². The summed E-state index contributed by atoms with van der Waals surface area (Å²) in [6.07, 6.45) is 6.00. The number of hydrogen-bond donors (Lipinski definition) is 0. The van der Waals surface area contributed by atoms with Crippen LogP contribution in [0.5, 0.6) is 0 Å². The summed E-state index contributed by atoms with van der Waals surface area (Å²) in [4.78, 5) is 28.9. The summed E-state index contributed by atoms with van der Waals surface area (Å²) < 4.78 is 15.5. The molecule has 4 heterocycles. The van der Waals surface area contributed by atoms with E-state index in [1.54, 1.807) is 15.8 Å². The number of aromatic nitrogens is 5. The van der Waals surface area contributed by atoms with Crippen molar-refractivity contribution in [2.45, 2.75) is 6.92 Å². The van der Waals surface area contributed by atoms with Crippen LogP contribution in [0.4, 0.5) is 10.2 Å². The Bertz CT molecular complexity index is 952. The summed E-state index contributed by atoms with van der Waals surface area (Å²) >= 11 is 0. The molecule has 1 aliphatic heterocycles. The first kappa shape index (κ1) is 17.1. The quantitative estimate of drug-likeness (QED) is 0.697. The highest BCUT2D eigenvalue weighted by Gasteiger charge is 2.25. The van der Waals surface area contributed by atoms with E-state index < -0.39 is 5.82 Å². The molecule has 0 saturated carbocycles. The maximum Gasteiger partial charge on any atom is 0.257 e. The first-order valence-corrected chi connectivity index (χ1v) is 8.61. The topological polar surface area (TPSA) is 80.0 Å². The van der Waals surface area contributed by atoms with Gasteiger partial charge in [0.1, 0.15) is 11.6 Å². The molecule has 1 aliphatic rings. The number of carbonyl (C=O) groups excluding carboxylic acids is 1. The molecule has 0 N–H and O–H groups in total. The van der Waals surface area contributed by atoms with Crippen LogP contribution in [0.15, 0.2) is 43.0 Å². The van der Waals surface area contributed by atoms with Crippen molar-refractivity contribution >= 4 is 11.7 Å². The Labute approximate surface area is 155 Å². The molecule has 0 aromatic carbocycles. The van der Waals surface area contributed by atoms with Gasteiger partial charge in [0.2, 0.25) is 0 Å². The molecule has 3 aromatic heterocycles. The minimum absolute atomic E-state index is 0.0531. The molecule has 3 aromatic rings. The second-order valence-electron chi connectivity index (χ2n) is 6.22. The van der Waals surface area contributed by atoms with Crippen LogP contribution in [0.1, 0.15) is 16.2 Å². The van der Waals surface area contributed by atoms with E-state index in [0.717, 1.165) is 12.0 Å². The van der Waals surface area contributed by atoms with Gasteiger partial charge in [-0.1, -0.05) is 0 Å². The normalized spacial score (nSPS) is 14.4. The number of pyridine rings is 1. The lowest BCUT2D eigenvalue weighted by Crippen LogP contribution is -2.49. The summed E-state index contributed by atoms with van der Waals surface area (Å²) in [6.45, 7) is 4.02. The molecule has 9 heteroatoms. The van der Waals surface area contributed by atoms with Gasteiger partial charge in [0, 0.05) is 50.8 Å². The van der Waals surface area contributed by atoms with Crippen LogP contribution >= 0.6 is 0 Å². The van der Waals surface area contributed by atoms with Crippen molar-refractivity contribution in [3.05, 3.63) is 60.2 Å². The molecule has 138 valence electrons. The Morgan fingerprint density at radius 3 is 2.59 bits per heavy atom. The van der Waals surface area contributed by atoms with E-state index in [0.29, 0.717) is 37.8 Å². The zero-order valence-electron chi connectivity index (χ0n) is 14.8. The van der Waals surface area contributed by atoms with Crippen molar-refractivity contribution in [2.75, 3.05) is 31.1 Å². The fourth-order valence-electron chi connectivity index (χ4n) is 3.08. The van der Waals surface area contributed by atoms with Crippen LogP contribution in [-0.4, -0.2) is 61.7 Å². The average Bonchev–Trinajstić information content (AvgIpc) is 3.22. The van der Waals surface area contributed by atoms with Crippen molar-refractivity contribution in [3.63, 3.8) is 0 Å². The Morgan fingerprint density at radius 2 is 1.89 bits per heavy atom. The smallest absolute Gasteiger partial charge is 0.257 e.